The Balaban J connectivity index is 1.33. The molecule has 0 bridgehead atoms. The van der Waals surface area contributed by atoms with Crippen LogP contribution in [-0.2, 0) is 28.5 Å². The molecule has 0 N–H and O–H groups in total. The molecule has 6 nitrogen and oxygen atoms in total. The van der Waals surface area contributed by atoms with Gasteiger partial charge in [0.2, 0.25) is 0 Å². The summed E-state index contributed by atoms with van der Waals surface area (Å²) in [6.07, 6.45) is 12.5. The monoisotopic (exact) mass is 714 g/mol. The Morgan fingerprint density at radius 2 is 1.10 bits per heavy atom. The minimum atomic E-state index is -0.194. The Morgan fingerprint density at radius 3 is 1.62 bits per heavy atom. The number of carbonyl (C=O) groups excluding carboxylic acids is 1. The summed E-state index contributed by atoms with van der Waals surface area (Å²) in [7, 11) is 0. The summed E-state index contributed by atoms with van der Waals surface area (Å²) in [4.78, 5) is 13.4. The van der Waals surface area contributed by atoms with E-state index in [1.807, 2.05) is 52.5 Å². The zero-order valence-electron chi connectivity index (χ0n) is 24.5. The summed E-state index contributed by atoms with van der Waals surface area (Å²) in [6.45, 7) is 5.39. The standard InChI is InChI=1S/C29H46O6S7/c30-25(35-11-9-7-5-3-1-2-4-6-8-10-20-36)24-23-39-28(40-24)29-41-26-27(42-29)38-22-19-34-17-15-32-13-12-31-14-16-33-18-21-37-26/h23,36H,1-22H2. The molecule has 13 heteroatoms. The van der Waals surface area contributed by atoms with Crippen LogP contribution >= 0.6 is 83.2 Å². The highest BCUT2D eigenvalue weighted by Crippen LogP contribution is 2.62. The molecule has 3 heterocycles. The highest BCUT2D eigenvalue weighted by molar-refractivity contribution is 8.42. The quantitative estimate of drug-likeness (QED) is 0.113. The molecule has 0 fully saturated rings. The molecule has 3 rings (SSSR count). The molecule has 3 aliphatic heterocycles. The van der Waals surface area contributed by atoms with E-state index in [4.69, 9.17) is 23.7 Å². The summed E-state index contributed by atoms with van der Waals surface area (Å²) < 4.78 is 33.2. The van der Waals surface area contributed by atoms with E-state index in [1.165, 1.54) is 64.1 Å². The molecular formula is C29H46O6S7. The first-order valence-electron chi connectivity index (χ1n) is 15.0. The maximum Gasteiger partial charge on any atom is 0.345 e. The van der Waals surface area contributed by atoms with Gasteiger partial charge in [-0.3, -0.25) is 0 Å². The molecule has 0 saturated carbocycles. The number of unbranched alkanes of at least 4 members (excludes halogenated alkanes) is 9. The van der Waals surface area contributed by atoms with Crippen molar-refractivity contribution in [1.82, 2.24) is 0 Å². The Morgan fingerprint density at radius 1 is 0.619 bits per heavy atom. The minimum absolute atomic E-state index is 0.194. The van der Waals surface area contributed by atoms with Gasteiger partial charge in [-0.25, -0.2) is 4.79 Å². The van der Waals surface area contributed by atoms with Crippen LogP contribution < -0.4 is 0 Å². The lowest BCUT2D eigenvalue weighted by atomic mass is 10.1. The lowest BCUT2D eigenvalue weighted by Gasteiger charge is -2.09. The van der Waals surface area contributed by atoms with E-state index in [0.717, 1.165) is 34.3 Å². The summed E-state index contributed by atoms with van der Waals surface area (Å²) in [6, 6.07) is 0. The van der Waals surface area contributed by atoms with Crippen LogP contribution in [0.4, 0.5) is 0 Å². The summed E-state index contributed by atoms with van der Waals surface area (Å²) >= 11 is 14.7. The van der Waals surface area contributed by atoms with Crippen LogP contribution in [0.5, 0.6) is 0 Å². The summed E-state index contributed by atoms with van der Waals surface area (Å²) in [5.41, 5.74) is 0. The molecule has 0 aliphatic carbocycles. The molecule has 42 heavy (non-hydrogen) atoms. The average molecular weight is 715 g/mol. The Kier molecular flexibility index (Phi) is 22.4. The molecule has 0 aromatic rings. The van der Waals surface area contributed by atoms with Crippen LogP contribution in [-0.4, -0.2) is 82.7 Å². The van der Waals surface area contributed by atoms with Crippen LogP contribution in [0.1, 0.15) is 64.2 Å². The molecular weight excluding hydrogens is 669 g/mol. The zero-order chi connectivity index (χ0) is 29.5. The second-order valence-electron chi connectivity index (χ2n) is 9.60. The van der Waals surface area contributed by atoms with Gasteiger partial charge < -0.3 is 23.7 Å². The van der Waals surface area contributed by atoms with Crippen molar-refractivity contribution in [1.29, 1.82) is 0 Å². The van der Waals surface area contributed by atoms with Crippen molar-refractivity contribution in [3.8, 4) is 0 Å². The number of thioether (sulfide) groups is 6. The molecule has 0 aromatic heterocycles. The molecule has 0 unspecified atom stereocenters. The largest absolute Gasteiger partial charge is 0.462 e. The molecule has 0 aromatic carbocycles. The first kappa shape index (κ1) is 37.4. The molecule has 0 amide bonds. The van der Waals surface area contributed by atoms with Crippen molar-refractivity contribution >= 4 is 89.2 Å². The molecule has 0 saturated heterocycles. The Hall–Kier alpha value is 0.980. The number of thiol groups is 1. The Labute approximate surface area is 283 Å². The lowest BCUT2D eigenvalue weighted by molar-refractivity contribution is -0.138. The fourth-order valence-corrected chi connectivity index (χ4v) is 12.4. The van der Waals surface area contributed by atoms with Crippen LogP contribution in [0.15, 0.2) is 27.3 Å². The van der Waals surface area contributed by atoms with Crippen LogP contribution in [0.2, 0.25) is 0 Å². The summed E-state index contributed by atoms with van der Waals surface area (Å²) in [5.74, 6) is 2.60. The normalized spacial score (nSPS) is 20.3. The fraction of sp³-hybridized carbons (Fsp3) is 0.759. The molecule has 3 aliphatic rings. The Bertz CT molecular complexity index is 835. The highest BCUT2D eigenvalue weighted by atomic mass is 32.3. The van der Waals surface area contributed by atoms with E-state index in [1.54, 1.807) is 23.5 Å². The van der Waals surface area contributed by atoms with Gasteiger partial charge in [0.25, 0.3) is 0 Å². The van der Waals surface area contributed by atoms with Gasteiger partial charge in [-0.2, -0.15) is 12.6 Å². The van der Waals surface area contributed by atoms with E-state index in [-0.39, 0.29) is 5.97 Å². The molecule has 240 valence electrons. The maximum atomic E-state index is 12.7. The lowest BCUT2D eigenvalue weighted by Crippen LogP contribution is -2.13. The van der Waals surface area contributed by atoms with Gasteiger partial charge in [0.15, 0.2) is 0 Å². The van der Waals surface area contributed by atoms with Crippen molar-refractivity contribution in [3.63, 3.8) is 0 Å². The molecule has 0 spiro atoms. The second-order valence-corrected chi connectivity index (χ2v) is 17.3. The van der Waals surface area contributed by atoms with Gasteiger partial charge in [0, 0.05) is 11.5 Å². The van der Waals surface area contributed by atoms with Gasteiger partial charge in [-0.1, -0.05) is 98.4 Å². The van der Waals surface area contributed by atoms with E-state index < -0.39 is 0 Å². The molecule has 0 radical (unpaired) electrons. The number of hydrogen-bond acceptors (Lipinski definition) is 13. The third-order valence-corrected chi connectivity index (χ3v) is 14.8. The fourth-order valence-electron chi connectivity index (χ4n) is 3.98. The second kappa shape index (κ2) is 25.1. The molecule has 0 atom stereocenters. The summed E-state index contributed by atoms with van der Waals surface area (Å²) in [5, 5.41) is 1.95. The number of hydrogen-bond donors (Lipinski definition) is 1. The van der Waals surface area contributed by atoms with Crippen LogP contribution in [0.25, 0.3) is 0 Å². The first-order valence-corrected chi connectivity index (χ1v) is 20.9. The number of esters is 1. The van der Waals surface area contributed by atoms with E-state index in [0.29, 0.717) is 64.4 Å². The van der Waals surface area contributed by atoms with Crippen molar-refractivity contribution < 1.29 is 28.5 Å². The van der Waals surface area contributed by atoms with E-state index in [2.05, 4.69) is 12.6 Å². The van der Waals surface area contributed by atoms with Crippen molar-refractivity contribution in [2.45, 2.75) is 64.2 Å². The third-order valence-electron chi connectivity index (χ3n) is 6.20. The first-order chi connectivity index (χ1) is 20.8. The minimum Gasteiger partial charge on any atom is -0.462 e. The maximum absolute atomic E-state index is 12.7. The topological polar surface area (TPSA) is 63.2 Å². The highest BCUT2D eigenvalue weighted by Gasteiger charge is 2.29. The third kappa shape index (κ3) is 16.5. The van der Waals surface area contributed by atoms with Crippen molar-refractivity contribution in [2.75, 3.05) is 76.7 Å². The van der Waals surface area contributed by atoms with Crippen LogP contribution in [0, 0.1) is 0 Å². The number of ether oxygens (including phenoxy) is 5. The van der Waals surface area contributed by atoms with Crippen molar-refractivity contribution in [3.05, 3.63) is 27.3 Å². The number of rotatable bonds is 13. The van der Waals surface area contributed by atoms with Gasteiger partial charge in [0.05, 0.1) is 76.4 Å². The SMILES string of the molecule is O=C(OCCCCCCCCCCCCS)C1=CSC(=C2SC3=C(SCCOCCOCCOCCOCCS3)S2)S1. The van der Waals surface area contributed by atoms with Gasteiger partial charge in [0.1, 0.15) is 4.91 Å². The van der Waals surface area contributed by atoms with E-state index in [9.17, 15) is 4.79 Å². The van der Waals surface area contributed by atoms with E-state index >= 15 is 0 Å². The van der Waals surface area contributed by atoms with Gasteiger partial charge in [-0.15, -0.1) is 23.5 Å². The zero-order valence-corrected chi connectivity index (χ0v) is 30.3. The van der Waals surface area contributed by atoms with Crippen molar-refractivity contribution in [2.24, 2.45) is 0 Å². The van der Waals surface area contributed by atoms with Gasteiger partial charge in [-0.05, 0) is 24.0 Å². The predicted molar refractivity (Wildman–Crippen MR) is 192 cm³/mol. The smallest absolute Gasteiger partial charge is 0.345 e. The van der Waals surface area contributed by atoms with Crippen LogP contribution in [0.3, 0.4) is 0 Å². The predicted octanol–water partition coefficient (Wildman–Crippen LogP) is 8.96. The van der Waals surface area contributed by atoms with Gasteiger partial charge >= 0.3 is 5.97 Å². The average Bonchev–Trinajstić information content (AvgIpc) is 3.65. The number of carbonyl (C=O) groups is 1.